The fourth-order valence-electron chi connectivity index (χ4n) is 2.58. The molecule has 6 nitrogen and oxygen atoms in total. The number of rotatable bonds is 5. The zero-order chi connectivity index (χ0) is 15.6. The van der Waals surface area contributed by atoms with Gasteiger partial charge in [0.2, 0.25) is 10.0 Å². The van der Waals surface area contributed by atoms with Gasteiger partial charge >= 0.3 is 5.97 Å². The van der Waals surface area contributed by atoms with Gasteiger partial charge in [0.05, 0.1) is 4.90 Å². The monoisotopic (exact) mass is 313 g/mol. The summed E-state index contributed by atoms with van der Waals surface area (Å²) in [7, 11) is -3.51. The van der Waals surface area contributed by atoms with Gasteiger partial charge in [-0.15, -0.1) is 0 Å². The Morgan fingerprint density at radius 2 is 1.95 bits per heavy atom. The summed E-state index contributed by atoms with van der Waals surface area (Å²) in [5, 5.41) is 8.53. The first-order valence-electron chi connectivity index (χ1n) is 6.77. The first-order chi connectivity index (χ1) is 9.80. The van der Waals surface area contributed by atoms with E-state index in [2.05, 4.69) is 0 Å². The van der Waals surface area contributed by atoms with Crippen molar-refractivity contribution in [3.05, 3.63) is 24.3 Å². The Morgan fingerprint density at radius 3 is 2.43 bits per heavy atom. The first kappa shape index (κ1) is 15.8. The Labute approximate surface area is 124 Å². The molecule has 0 aliphatic carbocycles. The Morgan fingerprint density at radius 1 is 1.33 bits per heavy atom. The highest BCUT2D eigenvalue weighted by molar-refractivity contribution is 7.89. The van der Waals surface area contributed by atoms with E-state index in [1.165, 1.54) is 28.6 Å². The summed E-state index contributed by atoms with van der Waals surface area (Å²) in [6.07, 6.45) is 0.860. The van der Waals surface area contributed by atoms with E-state index in [4.69, 9.17) is 9.84 Å². The van der Waals surface area contributed by atoms with E-state index in [1.54, 1.807) is 0 Å². The maximum Gasteiger partial charge on any atom is 0.341 e. The van der Waals surface area contributed by atoms with Crippen LogP contribution in [0.15, 0.2) is 29.2 Å². The third kappa shape index (κ3) is 3.54. The number of ether oxygens (including phenoxy) is 1. The molecule has 1 saturated heterocycles. The van der Waals surface area contributed by atoms with Crippen molar-refractivity contribution >= 4 is 16.0 Å². The van der Waals surface area contributed by atoms with Gasteiger partial charge in [0.25, 0.3) is 0 Å². The van der Waals surface area contributed by atoms with Gasteiger partial charge in [0, 0.05) is 12.6 Å². The van der Waals surface area contributed by atoms with Crippen LogP contribution in [0.3, 0.4) is 0 Å². The summed E-state index contributed by atoms with van der Waals surface area (Å²) < 4.78 is 31.6. The lowest BCUT2D eigenvalue weighted by atomic mass is 10.1. The maximum absolute atomic E-state index is 12.6. The number of carboxylic acid groups (broad SMARTS) is 1. The molecule has 1 aliphatic rings. The van der Waals surface area contributed by atoms with Crippen LogP contribution in [0, 0.1) is 5.92 Å². The molecular formula is C14H19NO5S. The fourth-order valence-corrected chi connectivity index (χ4v) is 4.35. The van der Waals surface area contributed by atoms with Crippen molar-refractivity contribution in [1.29, 1.82) is 0 Å². The molecule has 0 saturated carbocycles. The molecule has 2 atom stereocenters. The molecule has 116 valence electrons. The number of aliphatic carboxylic acids is 1. The van der Waals surface area contributed by atoms with Crippen molar-refractivity contribution in [3.63, 3.8) is 0 Å². The van der Waals surface area contributed by atoms with Crippen molar-refractivity contribution < 1.29 is 23.1 Å². The second-order valence-corrected chi connectivity index (χ2v) is 7.31. The number of carbonyl (C=O) groups is 1. The normalized spacial score (nSPS) is 23.1. The topological polar surface area (TPSA) is 83.9 Å². The average molecular weight is 313 g/mol. The van der Waals surface area contributed by atoms with Crippen molar-refractivity contribution in [2.75, 3.05) is 13.2 Å². The van der Waals surface area contributed by atoms with E-state index in [0.717, 1.165) is 6.42 Å². The Balaban J connectivity index is 2.15. The molecule has 7 heteroatoms. The summed E-state index contributed by atoms with van der Waals surface area (Å²) in [6.45, 7) is 4.02. The third-order valence-electron chi connectivity index (χ3n) is 3.52. The number of sulfonamides is 1. The van der Waals surface area contributed by atoms with Crippen LogP contribution in [0.5, 0.6) is 5.75 Å². The van der Waals surface area contributed by atoms with Crippen LogP contribution in [0.2, 0.25) is 0 Å². The molecule has 1 heterocycles. The highest BCUT2D eigenvalue weighted by Crippen LogP contribution is 2.29. The van der Waals surface area contributed by atoms with Crippen LogP contribution in [0.4, 0.5) is 0 Å². The van der Waals surface area contributed by atoms with Crippen molar-refractivity contribution in [1.82, 2.24) is 4.31 Å². The summed E-state index contributed by atoms with van der Waals surface area (Å²) in [6, 6.07) is 5.83. The molecule has 0 aromatic heterocycles. The van der Waals surface area contributed by atoms with Crippen LogP contribution in [-0.2, 0) is 14.8 Å². The smallest absolute Gasteiger partial charge is 0.341 e. The van der Waals surface area contributed by atoms with E-state index >= 15 is 0 Å². The Kier molecular flexibility index (Phi) is 4.53. The lowest BCUT2D eigenvalue weighted by Gasteiger charge is -2.21. The third-order valence-corrected chi connectivity index (χ3v) is 5.51. The molecule has 1 aromatic rings. The number of hydrogen-bond donors (Lipinski definition) is 1. The van der Waals surface area contributed by atoms with Gasteiger partial charge in [0.15, 0.2) is 6.61 Å². The van der Waals surface area contributed by atoms with Gasteiger partial charge in [-0.2, -0.15) is 4.31 Å². The van der Waals surface area contributed by atoms with E-state index < -0.39 is 22.6 Å². The van der Waals surface area contributed by atoms with Crippen molar-refractivity contribution in [3.8, 4) is 5.75 Å². The second kappa shape index (κ2) is 6.03. The zero-order valence-electron chi connectivity index (χ0n) is 12.0. The van der Waals surface area contributed by atoms with Crippen LogP contribution >= 0.6 is 0 Å². The van der Waals surface area contributed by atoms with Gasteiger partial charge in [-0.05, 0) is 43.5 Å². The predicted molar refractivity (Wildman–Crippen MR) is 76.7 cm³/mol. The highest BCUT2D eigenvalue weighted by Gasteiger charge is 2.35. The molecule has 1 N–H and O–H groups in total. The molecule has 2 unspecified atom stereocenters. The standard InChI is InChI=1S/C14H19NO5S/c1-10-7-11(2)15(8-10)21(18,19)13-5-3-12(4-6-13)20-9-14(16)17/h3-6,10-11H,7-9H2,1-2H3,(H,16,17). The highest BCUT2D eigenvalue weighted by atomic mass is 32.2. The minimum atomic E-state index is -3.51. The minimum absolute atomic E-state index is 0.00654. The molecule has 1 fully saturated rings. The van der Waals surface area contributed by atoms with Crippen molar-refractivity contribution in [2.45, 2.75) is 31.2 Å². The quantitative estimate of drug-likeness (QED) is 0.892. The van der Waals surface area contributed by atoms with Gasteiger partial charge in [0.1, 0.15) is 5.75 Å². The minimum Gasteiger partial charge on any atom is -0.482 e. The van der Waals surface area contributed by atoms with E-state index in [9.17, 15) is 13.2 Å². The van der Waals surface area contributed by atoms with Crippen LogP contribution in [-0.4, -0.2) is 43.0 Å². The maximum atomic E-state index is 12.6. The first-order valence-corrected chi connectivity index (χ1v) is 8.21. The number of nitrogens with zero attached hydrogens (tertiary/aromatic N) is 1. The van der Waals surface area contributed by atoms with Gasteiger partial charge in [-0.3, -0.25) is 0 Å². The van der Waals surface area contributed by atoms with E-state index in [0.29, 0.717) is 18.2 Å². The summed E-state index contributed by atoms with van der Waals surface area (Å²) >= 11 is 0. The summed E-state index contributed by atoms with van der Waals surface area (Å²) in [5.74, 6) is -0.390. The molecule has 0 bridgehead atoms. The van der Waals surface area contributed by atoms with Gasteiger partial charge < -0.3 is 9.84 Å². The zero-order valence-corrected chi connectivity index (χ0v) is 12.8. The molecule has 21 heavy (non-hydrogen) atoms. The molecule has 2 rings (SSSR count). The summed E-state index contributed by atoms with van der Waals surface area (Å²) in [5.41, 5.74) is 0. The lowest BCUT2D eigenvalue weighted by molar-refractivity contribution is -0.139. The Hall–Kier alpha value is -1.60. The van der Waals surface area contributed by atoms with E-state index in [1.807, 2.05) is 13.8 Å². The second-order valence-electron chi connectivity index (χ2n) is 5.42. The van der Waals surface area contributed by atoms with Gasteiger partial charge in [-0.1, -0.05) is 6.92 Å². The van der Waals surface area contributed by atoms with E-state index in [-0.39, 0.29) is 10.9 Å². The lowest BCUT2D eigenvalue weighted by Crippen LogP contribution is -2.33. The molecule has 1 aliphatic heterocycles. The molecule has 0 amide bonds. The van der Waals surface area contributed by atoms with Crippen molar-refractivity contribution in [2.24, 2.45) is 5.92 Å². The van der Waals surface area contributed by atoms with Crippen LogP contribution in [0.25, 0.3) is 0 Å². The number of benzene rings is 1. The van der Waals surface area contributed by atoms with Gasteiger partial charge in [-0.25, -0.2) is 13.2 Å². The van der Waals surface area contributed by atoms with Crippen LogP contribution in [0.1, 0.15) is 20.3 Å². The molecular weight excluding hydrogens is 294 g/mol. The fraction of sp³-hybridized carbons (Fsp3) is 0.500. The molecule has 0 radical (unpaired) electrons. The molecule has 0 spiro atoms. The Bertz CT molecular complexity index is 611. The SMILES string of the molecule is CC1CC(C)N(S(=O)(=O)c2ccc(OCC(=O)O)cc2)C1. The number of hydrogen-bond acceptors (Lipinski definition) is 4. The molecule has 1 aromatic carbocycles. The van der Waals surface area contributed by atoms with Crippen LogP contribution < -0.4 is 4.74 Å². The predicted octanol–water partition coefficient (Wildman–Crippen LogP) is 1.57. The number of carboxylic acids is 1. The largest absolute Gasteiger partial charge is 0.482 e. The summed E-state index contributed by atoms with van der Waals surface area (Å²) in [4.78, 5) is 10.6. The average Bonchev–Trinajstić information content (AvgIpc) is 2.76.